The van der Waals surface area contributed by atoms with E-state index in [4.69, 9.17) is 0 Å². The SMILES string of the molecule is CN1CCN(CC(=O)C2CCCC2)CC1=O. The Labute approximate surface area is 96.6 Å². The Morgan fingerprint density at radius 2 is 2.00 bits per heavy atom. The van der Waals surface area contributed by atoms with Crippen molar-refractivity contribution < 1.29 is 9.59 Å². The molecule has 0 bridgehead atoms. The minimum atomic E-state index is 0.130. The summed E-state index contributed by atoms with van der Waals surface area (Å²) in [6.45, 7) is 2.47. The lowest BCUT2D eigenvalue weighted by Gasteiger charge is -2.31. The molecular formula is C12H20N2O2. The molecule has 0 atom stereocenters. The van der Waals surface area contributed by atoms with Gasteiger partial charge in [0, 0.05) is 26.1 Å². The number of likely N-dealkylation sites (N-methyl/N-ethyl adjacent to an activating group) is 1. The number of rotatable bonds is 3. The van der Waals surface area contributed by atoms with Crippen LogP contribution in [-0.2, 0) is 9.59 Å². The Morgan fingerprint density at radius 1 is 1.31 bits per heavy atom. The van der Waals surface area contributed by atoms with Crippen molar-refractivity contribution in [3.05, 3.63) is 0 Å². The van der Waals surface area contributed by atoms with Crippen molar-refractivity contribution in [2.24, 2.45) is 5.92 Å². The molecule has 1 aliphatic carbocycles. The minimum Gasteiger partial charge on any atom is -0.343 e. The van der Waals surface area contributed by atoms with Crippen molar-refractivity contribution >= 4 is 11.7 Å². The first-order valence-electron chi connectivity index (χ1n) is 6.16. The summed E-state index contributed by atoms with van der Waals surface area (Å²) in [5, 5.41) is 0. The van der Waals surface area contributed by atoms with Crippen molar-refractivity contribution in [3.63, 3.8) is 0 Å². The first-order chi connectivity index (χ1) is 7.66. The lowest BCUT2D eigenvalue weighted by Crippen LogP contribution is -2.50. The third-order valence-electron chi connectivity index (χ3n) is 3.73. The van der Waals surface area contributed by atoms with E-state index in [0.717, 1.165) is 25.9 Å². The van der Waals surface area contributed by atoms with Gasteiger partial charge in [-0.3, -0.25) is 14.5 Å². The van der Waals surface area contributed by atoms with Gasteiger partial charge in [-0.05, 0) is 12.8 Å². The molecule has 0 radical (unpaired) electrons. The minimum absolute atomic E-state index is 0.130. The number of piperazine rings is 1. The average molecular weight is 224 g/mol. The third-order valence-corrected chi connectivity index (χ3v) is 3.73. The van der Waals surface area contributed by atoms with Crippen LogP contribution in [-0.4, -0.2) is 54.7 Å². The molecule has 2 aliphatic rings. The number of hydrogen-bond donors (Lipinski definition) is 0. The smallest absolute Gasteiger partial charge is 0.236 e. The number of hydrogen-bond acceptors (Lipinski definition) is 3. The van der Waals surface area contributed by atoms with Gasteiger partial charge in [0.15, 0.2) is 0 Å². The van der Waals surface area contributed by atoms with Crippen LogP contribution in [0, 0.1) is 5.92 Å². The second-order valence-electron chi connectivity index (χ2n) is 4.97. The van der Waals surface area contributed by atoms with Crippen LogP contribution in [0.1, 0.15) is 25.7 Å². The molecule has 0 spiro atoms. The Balaban J connectivity index is 1.81. The maximum atomic E-state index is 11.9. The van der Waals surface area contributed by atoms with Gasteiger partial charge in [-0.25, -0.2) is 0 Å². The normalized spacial score (nSPS) is 24.1. The van der Waals surface area contributed by atoms with Crippen LogP contribution in [0.2, 0.25) is 0 Å². The molecule has 1 saturated carbocycles. The third kappa shape index (κ3) is 2.61. The van der Waals surface area contributed by atoms with Crippen LogP contribution < -0.4 is 0 Å². The van der Waals surface area contributed by atoms with E-state index in [0.29, 0.717) is 18.9 Å². The van der Waals surface area contributed by atoms with Gasteiger partial charge in [0.05, 0.1) is 13.1 Å². The van der Waals surface area contributed by atoms with Crippen LogP contribution >= 0.6 is 0 Å². The van der Waals surface area contributed by atoms with E-state index in [-0.39, 0.29) is 11.8 Å². The summed E-state index contributed by atoms with van der Waals surface area (Å²) < 4.78 is 0. The van der Waals surface area contributed by atoms with Crippen molar-refractivity contribution in [2.75, 3.05) is 33.2 Å². The van der Waals surface area contributed by atoms with E-state index in [1.807, 2.05) is 11.9 Å². The fraction of sp³-hybridized carbons (Fsp3) is 0.833. The maximum Gasteiger partial charge on any atom is 0.236 e. The van der Waals surface area contributed by atoms with Crippen molar-refractivity contribution in [1.82, 2.24) is 9.80 Å². The first-order valence-corrected chi connectivity index (χ1v) is 6.16. The molecule has 0 aromatic heterocycles. The molecule has 16 heavy (non-hydrogen) atoms. The fourth-order valence-electron chi connectivity index (χ4n) is 2.54. The van der Waals surface area contributed by atoms with Crippen molar-refractivity contribution in [1.29, 1.82) is 0 Å². The molecule has 90 valence electrons. The highest BCUT2D eigenvalue weighted by atomic mass is 16.2. The van der Waals surface area contributed by atoms with Crippen molar-refractivity contribution in [2.45, 2.75) is 25.7 Å². The summed E-state index contributed by atoms with van der Waals surface area (Å²) in [5.41, 5.74) is 0. The highest BCUT2D eigenvalue weighted by Crippen LogP contribution is 2.25. The lowest BCUT2D eigenvalue weighted by molar-refractivity contribution is -0.135. The van der Waals surface area contributed by atoms with Crippen LogP contribution in [0.5, 0.6) is 0 Å². The largest absolute Gasteiger partial charge is 0.343 e. The quantitative estimate of drug-likeness (QED) is 0.701. The Hall–Kier alpha value is -0.900. The van der Waals surface area contributed by atoms with Gasteiger partial charge >= 0.3 is 0 Å². The van der Waals surface area contributed by atoms with Crippen LogP contribution in [0.3, 0.4) is 0 Å². The van der Waals surface area contributed by atoms with Crippen molar-refractivity contribution in [3.8, 4) is 0 Å². The zero-order valence-electron chi connectivity index (χ0n) is 9.95. The van der Waals surface area contributed by atoms with E-state index in [1.54, 1.807) is 4.90 Å². The zero-order valence-corrected chi connectivity index (χ0v) is 9.95. The molecule has 0 unspecified atom stereocenters. The summed E-state index contributed by atoms with van der Waals surface area (Å²) in [4.78, 5) is 27.1. The van der Waals surface area contributed by atoms with Gasteiger partial charge in [0.25, 0.3) is 0 Å². The fourth-order valence-corrected chi connectivity index (χ4v) is 2.54. The van der Waals surface area contributed by atoms with Crippen LogP contribution in [0.4, 0.5) is 0 Å². The molecule has 4 heteroatoms. The highest BCUT2D eigenvalue weighted by Gasteiger charge is 2.27. The van der Waals surface area contributed by atoms with Gasteiger partial charge in [0.1, 0.15) is 5.78 Å². The Bertz CT molecular complexity index is 285. The molecule has 2 rings (SSSR count). The lowest BCUT2D eigenvalue weighted by atomic mass is 10.0. The Morgan fingerprint density at radius 3 is 2.62 bits per heavy atom. The summed E-state index contributed by atoms with van der Waals surface area (Å²) in [6, 6.07) is 0. The van der Waals surface area contributed by atoms with Gasteiger partial charge in [-0.15, -0.1) is 0 Å². The number of carbonyl (C=O) groups excluding carboxylic acids is 2. The van der Waals surface area contributed by atoms with Gasteiger partial charge in [-0.1, -0.05) is 12.8 Å². The number of Topliss-reactive ketones (excluding diaryl/α,β-unsaturated/α-hetero) is 1. The summed E-state index contributed by atoms with van der Waals surface area (Å²) in [6.07, 6.45) is 4.50. The molecule has 0 aromatic rings. The standard InChI is InChI=1S/C12H20N2O2/c1-13-6-7-14(9-12(13)16)8-11(15)10-4-2-3-5-10/h10H,2-9H2,1H3. The summed E-state index contributed by atoms with van der Waals surface area (Å²) >= 11 is 0. The molecule has 1 saturated heterocycles. The van der Waals surface area contributed by atoms with E-state index in [1.165, 1.54) is 12.8 Å². The molecule has 1 aliphatic heterocycles. The summed E-state index contributed by atoms with van der Waals surface area (Å²) in [5.74, 6) is 0.745. The highest BCUT2D eigenvalue weighted by molar-refractivity contribution is 5.84. The van der Waals surface area contributed by atoms with Gasteiger partial charge < -0.3 is 4.90 Å². The summed E-state index contributed by atoms with van der Waals surface area (Å²) in [7, 11) is 1.82. The van der Waals surface area contributed by atoms with Crippen LogP contribution in [0.15, 0.2) is 0 Å². The van der Waals surface area contributed by atoms with E-state index >= 15 is 0 Å². The molecular weight excluding hydrogens is 204 g/mol. The first kappa shape index (κ1) is 11.6. The molecule has 2 fully saturated rings. The molecule has 4 nitrogen and oxygen atoms in total. The molecule has 1 amide bonds. The van der Waals surface area contributed by atoms with Gasteiger partial charge in [-0.2, -0.15) is 0 Å². The van der Waals surface area contributed by atoms with Crippen LogP contribution in [0.25, 0.3) is 0 Å². The van der Waals surface area contributed by atoms with Gasteiger partial charge in [0.2, 0.25) is 5.91 Å². The predicted molar refractivity (Wildman–Crippen MR) is 61.0 cm³/mol. The average Bonchev–Trinajstić information content (AvgIpc) is 2.77. The molecule has 0 N–H and O–H groups in total. The number of nitrogens with zero attached hydrogens (tertiary/aromatic N) is 2. The van der Waals surface area contributed by atoms with E-state index in [9.17, 15) is 9.59 Å². The molecule has 1 heterocycles. The second-order valence-corrected chi connectivity index (χ2v) is 4.97. The monoisotopic (exact) mass is 224 g/mol. The van der Waals surface area contributed by atoms with E-state index < -0.39 is 0 Å². The number of ketones is 1. The number of amides is 1. The molecule has 0 aromatic carbocycles. The zero-order chi connectivity index (χ0) is 11.5. The maximum absolute atomic E-state index is 11.9. The van der Waals surface area contributed by atoms with E-state index in [2.05, 4.69) is 0 Å². The topological polar surface area (TPSA) is 40.6 Å². The predicted octanol–water partition coefficient (Wildman–Crippen LogP) is 0.520. The number of carbonyl (C=O) groups is 2. The second kappa shape index (κ2) is 4.95. The Kier molecular flexibility index (Phi) is 3.59.